The van der Waals surface area contributed by atoms with E-state index in [9.17, 15) is 9.59 Å². The van der Waals surface area contributed by atoms with Crippen molar-refractivity contribution in [3.63, 3.8) is 0 Å². The van der Waals surface area contributed by atoms with Crippen LogP contribution in [0.4, 0.5) is 0 Å². The third kappa shape index (κ3) is 4.37. The van der Waals surface area contributed by atoms with Gasteiger partial charge < -0.3 is 16.4 Å². The van der Waals surface area contributed by atoms with Crippen molar-refractivity contribution in [3.8, 4) is 0 Å². The van der Waals surface area contributed by atoms with Crippen LogP contribution in [0.1, 0.15) is 29.7 Å². The quantitative estimate of drug-likeness (QED) is 0.725. The van der Waals surface area contributed by atoms with Crippen LogP contribution >= 0.6 is 0 Å². The fourth-order valence-electron chi connectivity index (χ4n) is 1.86. The number of carbonyl (C=O) groups is 2. The highest BCUT2D eigenvalue weighted by Crippen LogP contribution is 2.19. The van der Waals surface area contributed by atoms with E-state index >= 15 is 0 Å². The van der Waals surface area contributed by atoms with E-state index in [0.29, 0.717) is 0 Å². The molecule has 0 aliphatic carbocycles. The Morgan fingerprint density at radius 1 is 1.26 bits per heavy atom. The molecule has 0 heterocycles. The van der Waals surface area contributed by atoms with Crippen LogP contribution in [-0.2, 0) is 9.59 Å². The number of benzene rings is 1. The lowest BCUT2D eigenvalue weighted by Crippen LogP contribution is -2.40. The Morgan fingerprint density at radius 2 is 1.95 bits per heavy atom. The predicted octanol–water partition coefficient (Wildman–Crippen LogP) is 0.556. The lowest BCUT2D eigenvalue weighted by Gasteiger charge is -2.18. The van der Waals surface area contributed by atoms with Gasteiger partial charge in [-0.15, -0.1) is 0 Å². The Hall–Kier alpha value is -1.88. The van der Waals surface area contributed by atoms with E-state index in [0.717, 1.165) is 5.56 Å². The van der Waals surface area contributed by atoms with E-state index in [4.69, 9.17) is 5.73 Å². The van der Waals surface area contributed by atoms with Crippen LogP contribution in [0, 0.1) is 13.8 Å². The van der Waals surface area contributed by atoms with E-state index in [-0.39, 0.29) is 30.9 Å². The van der Waals surface area contributed by atoms with Crippen LogP contribution in [0.3, 0.4) is 0 Å². The number of nitrogens with one attached hydrogen (secondary N) is 2. The highest BCUT2D eigenvalue weighted by Gasteiger charge is 2.12. The van der Waals surface area contributed by atoms with Gasteiger partial charge in [0.15, 0.2) is 0 Å². The van der Waals surface area contributed by atoms with Crippen LogP contribution in [0.5, 0.6) is 0 Å². The van der Waals surface area contributed by atoms with Crippen molar-refractivity contribution in [2.24, 2.45) is 5.73 Å². The van der Waals surface area contributed by atoms with Crippen LogP contribution < -0.4 is 16.4 Å². The zero-order valence-electron chi connectivity index (χ0n) is 11.6. The second-order valence-electron chi connectivity index (χ2n) is 4.56. The molecular weight excluding hydrogens is 242 g/mol. The van der Waals surface area contributed by atoms with E-state index in [1.54, 1.807) is 0 Å². The van der Waals surface area contributed by atoms with Crippen LogP contribution in [0.15, 0.2) is 18.2 Å². The van der Waals surface area contributed by atoms with Gasteiger partial charge in [-0.05, 0) is 37.5 Å². The van der Waals surface area contributed by atoms with Gasteiger partial charge in [-0.3, -0.25) is 9.59 Å². The largest absolute Gasteiger partial charge is 0.348 e. The number of aryl methyl sites for hydroxylation is 1. The van der Waals surface area contributed by atoms with Crippen molar-refractivity contribution in [2.75, 3.05) is 13.1 Å². The summed E-state index contributed by atoms with van der Waals surface area (Å²) >= 11 is 0. The fraction of sp³-hybridized carbons (Fsp3) is 0.429. The molecule has 4 N–H and O–H groups in total. The van der Waals surface area contributed by atoms with E-state index in [2.05, 4.69) is 10.6 Å². The Labute approximate surface area is 113 Å². The molecule has 2 amide bonds. The van der Waals surface area contributed by atoms with E-state index in [1.807, 2.05) is 39.0 Å². The molecule has 1 aromatic carbocycles. The van der Waals surface area contributed by atoms with Gasteiger partial charge in [0.25, 0.3) is 0 Å². The molecule has 0 aromatic heterocycles. The minimum absolute atomic E-state index is 0.0504. The number of rotatable bonds is 5. The number of nitrogens with two attached hydrogens (primary N) is 1. The molecule has 0 radical (unpaired) electrons. The summed E-state index contributed by atoms with van der Waals surface area (Å²) in [5, 5.41) is 5.29. The first-order chi connectivity index (χ1) is 8.95. The summed E-state index contributed by atoms with van der Waals surface area (Å²) in [5.41, 5.74) is 8.58. The van der Waals surface area contributed by atoms with Crippen molar-refractivity contribution in [1.82, 2.24) is 10.6 Å². The summed E-state index contributed by atoms with van der Waals surface area (Å²) in [6.07, 6.45) is 0. The van der Waals surface area contributed by atoms with E-state index in [1.165, 1.54) is 11.1 Å². The molecule has 1 unspecified atom stereocenters. The minimum atomic E-state index is -0.338. The summed E-state index contributed by atoms with van der Waals surface area (Å²) in [7, 11) is 0. The maximum absolute atomic E-state index is 11.7. The Balaban J connectivity index is 2.59. The monoisotopic (exact) mass is 263 g/mol. The molecule has 0 bridgehead atoms. The molecule has 0 saturated heterocycles. The zero-order valence-corrected chi connectivity index (χ0v) is 11.6. The van der Waals surface area contributed by atoms with Crippen molar-refractivity contribution in [2.45, 2.75) is 26.8 Å². The van der Waals surface area contributed by atoms with Crippen LogP contribution in [0.2, 0.25) is 0 Å². The Bertz CT molecular complexity index is 472. The number of amides is 2. The fourth-order valence-corrected chi connectivity index (χ4v) is 1.86. The molecule has 0 spiro atoms. The Kier molecular flexibility index (Phi) is 5.51. The van der Waals surface area contributed by atoms with E-state index < -0.39 is 0 Å². The van der Waals surface area contributed by atoms with Crippen molar-refractivity contribution in [3.05, 3.63) is 34.9 Å². The van der Waals surface area contributed by atoms with Crippen molar-refractivity contribution < 1.29 is 9.59 Å². The third-order valence-electron chi connectivity index (χ3n) is 3.12. The lowest BCUT2D eigenvalue weighted by atomic mass is 9.98. The number of hydrogen-bond acceptors (Lipinski definition) is 3. The van der Waals surface area contributed by atoms with Gasteiger partial charge in [0.1, 0.15) is 0 Å². The van der Waals surface area contributed by atoms with Gasteiger partial charge in [0.05, 0.1) is 19.1 Å². The summed E-state index contributed by atoms with van der Waals surface area (Å²) in [6, 6.07) is 5.90. The van der Waals surface area contributed by atoms with Crippen molar-refractivity contribution >= 4 is 11.8 Å². The van der Waals surface area contributed by atoms with Crippen LogP contribution in [0.25, 0.3) is 0 Å². The lowest BCUT2D eigenvalue weighted by molar-refractivity contribution is -0.125. The average molecular weight is 263 g/mol. The molecule has 5 heteroatoms. The second kappa shape index (κ2) is 6.89. The number of carbonyl (C=O) groups excluding carboxylic acids is 2. The highest BCUT2D eigenvalue weighted by atomic mass is 16.2. The SMILES string of the molecule is Cc1cccc(C(C)NC(=O)CNC(=O)CN)c1C. The van der Waals surface area contributed by atoms with Gasteiger partial charge in [-0.1, -0.05) is 18.2 Å². The second-order valence-corrected chi connectivity index (χ2v) is 4.56. The smallest absolute Gasteiger partial charge is 0.239 e. The molecule has 5 nitrogen and oxygen atoms in total. The summed E-state index contributed by atoms with van der Waals surface area (Å²) in [4.78, 5) is 22.6. The van der Waals surface area contributed by atoms with Gasteiger partial charge in [-0.2, -0.15) is 0 Å². The molecule has 0 fully saturated rings. The minimum Gasteiger partial charge on any atom is -0.348 e. The zero-order chi connectivity index (χ0) is 14.4. The van der Waals surface area contributed by atoms with Crippen molar-refractivity contribution in [1.29, 1.82) is 0 Å². The molecule has 104 valence electrons. The topological polar surface area (TPSA) is 84.2 Å². The Morgan fingerprint density at radius 3 is 2.58 bits per heavy atom. The first-order valence-electron chi connectivity index (χ1n) is 6.28. The normalized spacial score (nSPS) is 11.8. The standard InChI is InChI=1S/C14H21N3O2/c1-9-5-4-6-12(10(9)2)11(3)17-14(19)8-16-13(18)7-15/h4-6,11H,7-8,15H2,1-3H3,(H,16,18)(H,17,19). The van der Waals surface area contributed by atoms with Crippen LogP contribution in [-0.4, -0.2) is 24.9 Å². The summed E-state index contributed by atoms with van der Waals surface area (Å²) in [6.45, 7) is 5.83. The van der Waals surface area contributed by atoms with Gasteiger partial charge in [0, 0.05) is 0 Å². The average Bonchev–Trinajstić information content (AvgIpc) is 2.38. The molecular formula is C14H21N3O2. The molecule has 1 rings (SSSR count). The first-order valence-corrected chi connectivity index (χ1v) is 6.28. The number of hydrogen-bond donors (Lipinski definition) is 3. The molecule has 1 atom stereocenters. The molecule has 0 aliphatic rings. The molecule has 0 aliphatic heterocycles. The molecule has 0 saturated carbocycles. The highest BCUT2D eigenvalue weighted by molar-refractivity contribution is 5.85. The van der Waals surface area contributed by atoms with Gasteiger partial charge in [0.2, 0.25) is 11.8 Å². The van der Waals surface area contributed by atoms with Gasteiger partial charge in [-0.25, -0.2) is 0 Å². The summed E-state index contributed by atoms with van der Waals surface area (Å²) in [5.74, 6) is -0.565. The maximum Gasteiger partial charge on any atom is 0.239 e. The third-order valence-corrected chi connectivity index (χ3v) is 3.12. The first kappa shape index (κ1) is 15.2. The maximum atomic E-state index is 11.7. The predicted molar refractivity (Wildman–Crippen MR) is 74.5 cm³/mol. The molecule has 1 aromatic rings. The summed E-state index contributed by atoms with van der Waals surface area (Å²) < 4.78 is 0. The van der Waals surface area contributed by atoms with Gasteiger partial charge >= 0.3 is 0 Å². The molecule has 19 heavy (non-hydrogen) atoms.